The smallest absolute Gasteiger partial charge is 0.239 e. The Labute approximate surface area is 135 Å². The lowest BCUT2D eigenvalue weighted by molar-refractivity contribution is -0.116. The summed E-state index contributed by atoms with van der Waals surface area (Å²) in [4.78, 5) is 12.1. The monoisotopic (exact) mass is 337 g/mol. The van der Waals surface area contributed by atoms with Crippen molar-refractivity contribution in [2.75, 3.05) is 31.3 Å². The first-order chi connectivity index (χ1) is 10.9. The zero-order valence-corrected chi connectivity index (χ0v) is 13.7. The van der Waals surface area contributed by atoms with Gasteiger partial charge in [-0.1, -0.05) is 6.07 Å². The van der Waals surface area contributed by atoms with E-state index in [0.717, 1.165) is 23.4 Å². The molecule has 1 unspecified atom stereocenters. The third-order valence-electron chi connectivity index (χ3n) is 3.50. The molecular weight excluding hydrogens is 318 g/mol. The SMILES string of the molecule is CS(=O)(=O)N(CC(=O)Nc1cccc(C#N)c1)CC1CCCO1. The standard InChI is InChI=1S/C15H19N3O4S/c1-23(20,21)18(10-14-6-3-7-22-14)11-15(19)17-13-5-2-4-12(8-13)9-16/h2,4-5,8,14H,3,6-7,10-11H2,1H3,(H,17,19). The van der Waals surface area contributed by atoms with E-state index in [-0.39, 0.29) is 19.2 Å². The topological polar surface area (TPSA) is 99.5 Å². The van der Waals surface area contributed by atoms with E-state index in [0.29, 0.717) is 17.9 Å². The van der Waals surface area contributed by atoms with Crippen LogP contribution in [0.15, 0.2) is 24.3 Å². The minimum Gasteiger partial charge on any atom is -0.377 e. The van der Waals surface area contributed by atoms with Crippen LogP contribution in [0.4, 0.5) is 5.69 Å². The summed E-state index contributed by atoms with van der Waals surface area (Å²) in [6.45, 7) is 0.509. The van der Waals surface area contributed by atoms with Gasteiger partial charge in [-0.25, -0.2) is 8.42 Å². The van der Waals surface area contributed by atoms with Crippen molar-refractivity contribution in [3.8, 4) is 6.07 Å². The van der Waals surface area contributed by atoms with Gasteiger partial charge in [0.1, 0.15) is 0 Å². The second kappa shape index (κ2) is 7.55. The molecule has 0 bridgehead atoms. The largest absolute Gasteiger partial charge is 0.377 e. The van der Waals surface area contributed by atoms with Crippen molar-refractivity contribution in [1.82, 2.24) is 4.31 Å². The molecule has 1 fully saturated rings. The van der Waals surface area contributed by atoms with E-state index in [1.54, 1.807) is 18.2 Å². The van der Waals surface area contributed by atoms with Gasteiger partial charge in [-0.15, -0.1) is 0 Å². The van der Waals surface area contributed by atoms with Crippen LogP contribution in [0.25, 0.3) is 0 Å². The Morgan fingerprint density at radius 3 is 2.91 bits per heavy atom. The second-order valence-corrected chi connectivity index (χ2v) is 7.41. The third-order valence-corrected chi connectivity index (χ3v) is 4.71. The highest BCUT2D eigenvalue weighted by molar-refractivity contribution is 7.88. The number of carbonyl (C=O) groups excluding carboxylic acids is 1. The van der Waals surface area contributed by atoms with E-state index < -0.39 is 15.9 Å². The number of nitrogens with one attached hydrogen (secondary N) is 1. The molecule has 1 amide bonds. The van der Waals surface area contributed by atoms with Crippen LogP contribution in [0.2, 0.25) is 0 Å². The number of hydrogen-bond acceptors (Lipinski definition) is 5. The second-order valence-electron chi connectivity index (χ2n) is 5.43. The van der Waals surface area contributed by atoms with E-state index in [2.05, 4.69) is 5.32 Å². The predicted molar refractivity (Wildman–Crippen MR) is 85.2 cm³/mol. The van der Waals surface area contributed by atoms with Crippen molar-refractivity contribution in [3.63, 3.8) is 0 Å². The fourth-order valence-electron chi connectivity index (χ4n) is 2.36. The van der Waals surface area contributed by atoms with Crippen LogP contribution in [0.5, 0.6) is 0 Å². The van der Waals surface area contributed by atoms with Crippen molar-refractivity contribution in [2.45, 2.75) is 18.9 Å². The van der Waals surface area contributed by atoms with Gasteiger partial charge in [0.25, 0.3) is 0 Å². The summed E-state index contributed by atoms with van der Waals surface area (Å²) in [5.41, 5.74) is 0.877. The molecule has 124 valence electrons. The average molecular weight is 337 g/mol. The number of benzene rings is 1. The van der Waals surface area contributed by atoms with E-state index in [4.69, 9.17) is 10.00 Å². The zero-order valence-electron chi connectivity index (χ0n) is 12.9. The third kappa shape index (κ3) is 5.32. The van der Waals surface area contributed by atoms with Crippen molar-refractivity contribution < 1.29 is 17.9 Å². The molecule has 1 N–H and O–H groups in total. The van der Waals surface area contributed by atoms with E-state index >= 15 is 0 Å². The number of anilines is 1. The zero-order chi connectivity index (χ0) is 16.9. The fourth-order valence-corrected chi connectivity index (χ4v) is 3.15. The molecule has 1 heterocycles. The molecule has 1 atom stereocenters. The Morgan fingerprint density at radius 2 is 2.30 bits per heavy atom. The minimum absolute atomic E-state index is 0.167. The molecule has 2 rings (SSSR count). The summed E-state index contributed by atoms with van der Waals surface area (Å²) in [6, 6.07) is 8.42. The van der Waals surface area contributed by atoms with E-state index in [1.165, 1.54) is 6.07 Å². The Bertz CT molecular complexity index is 706. The van der Waals surface area contributed by atoms with Gasteiger partial charge in [0, 0.05) is 18.8 Å². The summed E-state index contributed by atoms with van der Waals surface area (Å²) in [5, 5.41) is 11.5. The lowest BCUT2D eigenvalue weighted by Crippen LogP contribution is -2.41. The van der Waals surface area contributed by atoms with Crippen LogP contribution in [0.1, 0.15) is 18.4 Å². The maximum absolute atomic E-state index is 12.1. The van der Waals surface area contributed by atoms with Crippen molar-refractivity contribution >= 4 is 21.6 Å². The minimum atomic E-state index is -3.51. The van der Waals surface area contributed by atoms with Crippen LogP contribution < -0.4 is 5.32 Å². The van der Waals surface area contributed by atoms with Gasteiger partial charge >= 0.3 is 0 Å². The van der Waals surface area contributed by atoms with Gasteiger partial charge in [-0.2, -0.15) is 9.57 Å². The Kier molecular flexibility index (Phi) is 5.71. The van der Waals surface area contributed by atoms with Gasteiger partial charge in [0.05, 0.1) is 30.5 Å². The predicted octanol–water partition coefficient (Wildman–Crippen LogP) is 0.937. The number of nitrogens with zero attached hydrogens (tertiary/aromatic N) is 2. The molecule has 0 aromatic heterocycles. The van der Waals surface area contributed by atoms with Crippen LogP contribution in [0.3, 0.4) is 0 Å². The van der Waals surface area contributed by atoms with Crippen LogP contribution in [0, 0.1) is 11.3 Å². The maximum atomic E-state index is 12.1. The van der Waals surface area contributed by atoms with Crippen molar-refractivity contribution in [2.24, 2.45) is 0 Å². The quantitative estimate of drug-likeness (QED) is 0.833. The molecule has 23 heavy (non-hydrogen) atoms. The molecule has 1 aliphatic rings. The normalized spacial score (nSPS) is 17.9. The number of rotatable bonds is 6. The highest BCUT2D eigenvalue weighted by Crippen LogP contribution is 2.15. The maximum Gasteiger partial charge on any atom is 0.239 e. The first kappa shape index (κ1) is 17.4. The molecule has 0 spiro atoms. The van der Waals surface area contributed by atoms with Crippen LogP contribution >= 0.6 is 0 Å². The van der Waals surface area contributed by atoms with E-state index in [1.807, 2.05) is 6.07 Å². The molecule has 1 aromatic rings. The molecule has 8 heteroatoms. The lowest BCUT2D eigenvalue weighted by atomic mass is 10.2. The first-order valence-electron chi connectivity index (χ1n) is 7.25. The molecule has 0 radical (unpaired) electrons. The lowest BCUT2D eigenvalue weighted by Gasteiger charge is -2.22. The van der Waals surface area contributed by atoms with Gasteiger partial charge < -0.3 is 10.1 Å². The van der Waals surface area contributed by atoms with Gasteiger partial charge in [0.15, 0.2) is 0 Å². The summed E-state index contributed by atoms with van der Waals surface area (Å²) in [5.74, 6) is -0.455. The van der Waals surface area contributed by atoms with Gasteiger partial charge in [0.2, 0.25) is 15.9 Å². The molecule has 7 nitrogen and oxygen atoms in total. The fraction of sp³-hybridized carbons (Fsp3) is 0.467. The summed E-state index contributed by atoms with van der Waals surface area (Å²) >= 11 is 0. The number of nitriles is 1. The van der Waals surface area contributed by atoms with Crippen LogP contribution in [-0.2, 0) is 19.6 Å². The molecule has 1 aliphatic heterocycles. The Morgan fingerprint density at radius 1 is 1.52 bits per heavy atom. The Balaban J connectivity index is 2.00. The summed E-state index contributed by atoms with van der Waals surface area (Å²) in [7, 11) is -3.51. The average Bonchev–Trinajstić information content (AvgIpc) is 2.99. The van der Waals surface area contributed by atoms with Crippen molar-refractivity contribution in [1.29, 1.82) is 5.26 Å². The molecule has 0 aliphatic carbocycles. The molecule has 1 aromatic carbocycles. The Hall–Kier alpha value is -1.95. The molecule has 0 saturated carbocycles. The summed E-state index contributed by atoms with van der Waals surface area (Å²) < 4.78 is 30.3. The molecular formula is C15H19N3O4S. The first-order valence-corrected chi connectivity index (χ1v) is 9.10. The number of carbonyl (C=O) groups is 1. The van der Waals surface area contributed by atoms with Crippen LogP contribution in [-0.4, -0.2) is 50.7 Å². The number of amides is 1. The highest BCUT2D eigenvalue weighted by Gasteiger charge is 2.26. The molecule has 1 saturated heterocycles. The number of ether oxygens (including phenoxy) is 1. The van der Waals surface area contributed by atoms with E-state index in [9.17, 15) is 13.2 Å². The number of sulfonamides is 1. The van der Waals surface area contributed by atoms with Gasteiger partial charge in [-0.3, -0.25) is 4.79 Å². The highest BCUT2D eigenvalue weighted by atomic mass is 32.2. The van der Waals surface area contributed by atoms with Gasteiger partial charge in [-0.05, 0) is 31.0 Å². The van der Waals surface area contributed by atoms with Crippen molar-refractivity contribution in [3.05, 3.63) is 29.8 Å². The number of hydrogen-bond donors (Lipinski definition) is 1. The summed E-state index contributed by atoms with van der Waals surface area (Å²) in [6.07, 6.45) is 2.60.